The van der Waals surface area contributed by atoms with E-state index in [9.17, 15) is 4.79 Å². The van der Waals surface area contributed by atoms with Crippen molar-refractivity contribution in [3.05, 3.63) is 89.4 Å². The first kappa shape index (κ1) is 22.0. The molecule has 1 aliphatic rings. The maximum Gasteiger partial charge on any atom is 0.262 e. The van der Waals surface area contributed by atoms with Crippen molar-refractivity contribution in [1.29, 1.82) is 0 Å². The van der Waals surface area contributed by atoms with Gasteiger partial charge in [0.05, 0.1) is 0 Å². The summed E-state index contributed by atoms with van der Waals surface area (Å²) < 4.78 is 8.06. The van der Waals surface area contributed by atoms with Gasteiger partial charge < -0.3 is 9.33 Å². The maximum absolute atomic E-state index is 13.5. The van der Waals surface area contributed by atoms with Crippen LogP contribution >= 0.6 is 15.9 Å². The van der Waals surface area contributed by atoms with Crippen LogP contribution in [0.3, 0.4) is 0 Å². The van der Waals surface area contributed by atoms with Crippen molar-refractivity contribution in [3.63, 3.8) is 0 Å². The first-order valence-corrected chi connectivity index (χ1v) is 13.4. The Labute approximate surface area is 194 Å². The summed E-state index contributed by atoms with van der Waals surface area (Å²) in [6.07, 6.45) is 0.245. The second-order valence-corrected chi connectivity index (χ2v) is 14.2. The number of carbonyl (C=O) groups is 1. The van der Waals surface area contributed by atoms with Gasteiger partial charge in [-0.15, -0.1) is 0 Å². The van der Waals surface area contributed by atoms with Crippen LogP contribution in [0.1, 0.15) is 27.2 Å². The van der Waals surface area contributed by atoms with Gasteiger partial charge in [0, 0.05) is 16.7 Å². The number of benzene rings is 3. The SMILES string of the molecule is CC(C)(C)[Si](OC1CCN(c2ccc(Br)cc2)C1=O)(c1ccccc1)c1ccccc1. The molecule has 1 amide bonds. The molecule has 0 bridgehead atoms. The molecule has 1 heterocycles. The van der Waals surface area contributed by atoms with Crippen LogP contribution in [0, 0.1) is 0 Å². The number of anilines is 1. The van der Waals surface area contributed by atoms with Crippen LogP contribution < -0.4 is 15.3 Å². The molecule has 1 unspecified atom stereocenters. The van der Waals surface area contributed by atoms with Gasteiger partial charge in [0.2, 0.25) is 0 Å². The molecule has 3 aromatic carbocycles. The number of rotatable bonds is 5. The van der Waals surface area contributed by atoms with Crippen molar-refractivity contribution in [3.8, 4) is 0 Å². The predicted molar refractivity (Wildman–Crippen MR) is 134 cm³/mol. The van der Waals surface area contributed by atoms with Crippen molar-refractivity contribution in [2.75, 3.05) is 11.4 Å². The van der Waals surface area contributed by atoms with Crippen molar-refractivity contribution in [1.82, 2.24) is 0 Å². The number of hydrogen-bond donors (Lipinski definition) is 0. The van der Waals surface area contributed by atoms with E-state index in [1.807, 2.05) is 41.3 Å². The van der Waals surface area contributed by atoms with Crippen molar-refractivity contribution >= 4 is 46.2 Å². The zero-order valence-electron chi connectivity index (χ0n) is 18.2. The summed E-state index contributed by atoms with van der Waals surface area (Å²) in [5, 5.41) is 2.24. The molecule has 1 saturated heterocycles. The van der Waals surface area contributed by atoms with Gasteiger partial charge >= 0.3 is 0 Å². The van der Waals surface area contributed by atoms with Gasteiger partial charge in [-0.05, 0) is 46.1 Å². The lowest BCUT2D eigenvalue weighted by molar-refractivity contribution is -0.123. The van der Waals surface area contributed by atoms with E-state index in [0.29, 0.717) is 13.0 Å². The summed E-state index contributed by atoms with van der Waals surface area (Å²) in [6.45, 7) is 7.39. The third-order valence-corrected chi connectivity index (χ3v) is 11.6. The Morgan fingerprint density at radius 2 is 1.39 bits per heavy atom. The summed E-state index contributed by atoms with van der Waals surface area (Å²) in [7, 11) is -2.75. The summed E-state index contributed by atoms with van der Waals surface area (Å²) in [4.78, 5) is 15.3. The lowest BCUT2D eigenvalue weighted by Gasteiger charge is -2.44. The van der Waals surface area contributed by atoms with E-state index < -0.39 is 14.4 Å². The Kier molecular flexibility index (Phi) is 6.20. The van der Waals surface area contributed by atoms with Crippen LogP contribution in [0.15, 0.2) is 89.4 Å². The first-order valence-electron chi connectivity index (χ1n) is 10.7. The van der Waals surface area contributed by atoms with Crippen LogP contribution in [-0.4, -0.2) is 26.9 Å². The molecule has 0 aliphatic carbocycles. The number of halogens is 1. The summed E-state index contributed by atoms with van der Waals surface area (Å²) in [6, 6.07) is 28.9. The van der Waals surface area contributed by atoms with Gasteiger partial charge in [-0.1, -0.05) is 97.4 Å². The molecular weight excluding hydrogens is 466 g/mol. The van der Waals surface area contributed by atoms with Crippen LogP contribution in [0.4, 0.5) is 5.69 Å². The van der Waals surface area contributed by atoms with Gasteiger partial charge in [0.1, 0.15) is 6.10 Å². The smallest absolute Gasteiger partial charge is 0.262 e. The van der Waals surface area contributed by atoms with Gasteiger partial charge in [0.25, 0.3) is 14.2 Å². The molecule has 5 heteroatoms. The molecule has 0 saturated carbocycles. The third kappa shape index (κ3) is 4.14. The van der Waals surface area contributed by atoms with Crippen LogP contribution in [-0.2, 0) is 9.22 Å². The highest BCUT2D eigenvalue weighted by atomic mass is 79.9. The standard InChI is InChI=1S/C26H28BrNO2Si/c1-26(2,3)31(22-10-6-4-7-11-22,23-12-8-5-9-13-23)30-24-18-19-28(25(24)29)21-16-14-20(27)15-17-21/h4-17,24H,18-19H2,1-3H3. The van der Waals surface area contributed by atoms with Gasteiger partial charge in [0.15, 0.2) is 0 Å². The molecule has 3 nitrogen and oxygen atoms in total. The lowest BCUT2D eigenvalue weighted by atomic mass is 10.2. The fourth-order valence-corrected chi connectivity index (χ4v) is 9.47. The predicted octanol–water partition coefficient (Wildman–Crippen LogP) is 5.13. The van der Waals surface area contributed by atoms with E-state index in [0.717, 1.165) is 10.2 Å². The summed E-state index contributed by atoms with van der Waals surface area (Å²) in [5.74, 6) is 0.0512. The molecule has 0 aromatic heterocycles. The molecular formula is C26H28BrNO2Si. The Bertz CT molecular complexity index is 993. The van der Waals surface area contributed by atoms with E-state index in [2.05, 4.69) is 85.2 Å². The molecule has 1 aliphatic heterocycles. The molecule has 1 atom stereocenters. The van der Waals surface area contributed by atoms with E-state index in [4.69, 9.17) is 4.43 Å². The van der Waals surface area contributed by atoms with E-state index in [1.165, 1.54) is 10.4 Å². The Hall–Kier alpha value is -2.21. The highest BCUT2D eigenvalue weighted by Gasteiger charge is 2.53. The molecule has 4 rings (SSSR count). The fourth-order valence-electron chi connectivity index (χ4n) is 4.55. The largest absolute Gasteiger partial charge is 0.395 e. The monoisotopic (exact) mass is 493 g/mol. The number of carbonyl (C=O) groups excluding carboxylic acids is 1. The second-order valence-electron chi connectivity index (χ2n) is 9.02. The van der Waals surface area contributed by atoms with E-state index >= 15 is 0 Å². The Morgan fingerprint density at radius 1 is 0.871 bits per heavy atom. The minimum Gasteiger partial charge on any atom is -0.395 e. The summed E-state index contributed by atoms with van der Waals surface area (Å²) in [5.41, 5.74) is 0.918. The molecule has 31 heavy (non-hydrogen) atoms. The van der Waals surface area contributed by atoms with Gasteiger partial charge in [-0.3, -0.25) is 4.79 Å². The molecule has 160 valence electrons. The topological polar surface area (TPSA) is 29.5 Å². The first-order chi connectivity index (χ1) is 14.8. The van der Waals surface area contributed by atoms with Crippen LogP contribution in [0.2, 0.25) is 5.04 Å². The zero-order chi connectivity index (χ0) is 22.1. The minimum absolute atomic E-state index is 0.0512. The molecule has 3 aromatic rings. The normalized spacial score (nSPS) is 17.2. The molecule has 1 fully saturated rings. The highest BCUT2D eigenvalue weighted by Crippen LogP contribution is 2.39. The second kappa shape index (κ2) is 8.73. The molecule has 0 spiro atoms. The Balaban J connectivity index is 1.75. The van der Waals surface area contributed by atoms with Crippen molar-refractivity contribution in [2.45, 2.75) is 38.3 Å². The average Bonchev–Trinajstić information content (AvgIpc) is 3.13. The zero-order valence-corrected chi connectivity index (χ0v) is 20.8. The summed E-state index contributed by atoms with van der Waals surface area (Å²) >= 11 is 3.47. The fraction of sp³-hybridized carbons (Fsp3) is 0.269. The third-order valence-electron chi connectivity index (χ3n) is 6.03. The number of hydrogen-bond acceptors (Lipinski definition) is 2. The van der Waals surface area contributed by atoms with Gasteiger partial charge in [-0.25, -0.2) is 0 Å². The van der Waals surface area contributed by atoms with Gasteiger partial charge in [-0.2, -0.15) is 0 Å². The maximum atomic E-state index is 13.5. The average molecular weight is 495 g/mol. The number of amides is 1. The highest BCUT2D eigenvalue weighted by molar-refractivity contribution is 9.10. The van der Waals surface area contributed by atoms with Crippen molar-refractivity contribution < 1.29 is 9.22 Å². The Morgan fingerprint density at radius 3 is 1.87 bits per heavy atom. The van der Waals surface area contributed by atoms with E-state index in [-0.39, 0.29) is 10.9 Å². The van der Waals surface area contributed by atoms with Crippen LogP contribution in [0.25, 0.3) is 0 Å². The van der Waals surface area contributed by atoms with E-state index in [1.54, 1.807) is 0 Å². The minimum atomic E-state index is -2.75. The van der Waals surface area contributed by atoms with Crippen LogP contribution in [0.5, 0.6) is 0 Å². The molecule has 0 N–H and O–H groups in total. The quantitative estimate of drug-likeness (QED) is 0.461. The number of nitrogens with zero attached hydrogens (tertiary/aromatic N) is 1. The molecule has 0 radical (unpaired) electrons. The lowest BCUT2D eigenvalue weighted by Crippen LogP contribution is -2.68. The van der Waals surface area contributed by atoms with Crippen molar-refractivity contribution in [2.24, 2.45) is 0 Å².